The third-order valence-electron chi connectivity index (χ3n) is 6.04. The highest BCUT2D eigenvalue weighted by Crippen LogP contribution is 2.28. The smallest absolute Gasteiger partial charge is 0.277 e. The minimum Gasteiger partial charge on any atom is -0.444 e. The number of rotatable bonds is 4. The lowest BCUT2D eigenvalue weighted by molar-refractivity contribution is -0.117. The minimum atomic E-state index is -0.410. The summed E-state index contributed by atoms with van der Waals surface area (Å²) in [5.74, 6) is 0.332. The zero-order chi connectivity index (χ0) is 23.1. The number of benzene rings is 1. The van der Waals surface area contributed by atoms with Gasteiger partial charge in [-0.15, -0.1) is 0 Å². The van der Waals surface area contributed by atoms with E-state index >= 15 is 0 Å². The van der Waals surface area contributed by atoms with Crippen LogP contribution in [-0.2, 0) is 4.79 Å². The molecular formula is C23H24N6O4. The first kappa shape index (κ1) is 21.0. The minimum absolute atomic E-state index is 0.0453. The summed E-state index contributed by atoms with van der Waals surface area (Å²) in [6.07, 6.45) is 0. The Labute approximate surface area is 188 Å². The molecule has 4 heterocycles. The van der Waals surface area contributed by atoms with Crippen LogP contribution < -0.4 is 10.9 Å². The highest BCUT2D eigenvalue weighted by atomic mass is 16.4. The maximum atomic E-state index is 12.9. The molecule has 3 aromatic heterocycles. The van der Waals surface area contributed by atoms with Crippen LogP contribution >= 0.6 is 0 Å². The second-order valence-electron chi connectivity index (χ2n) is 8.26. The van der Waals surface area contributed by atoms with Crippen molar-refractivity contribution in [2.45, 2.75) is 13.8 Å². The van der Waals surface area contributed by atoms with E-state index < -0.39 is 5.56 Å². The lowest BCUT2D eigenvalue weighted by Crippen LogP contribution is -2.50. The Morgan fingerprint density at radius 2 is 1.88 bits per heavy atom. The summed E-state index contributed by atoms with van der Waals surface area (Å²) < 4.78 is 5.64. The Morgan fingerprint density at radius 1 is 1.12 bits per heavy atom. The fourth-order valence-corrected chi connectivity index (χ4v) is 4.37. The molecule has 3 N–H and O–H groups in total. The summed E-state index contributed by atoms with van der Waals surface area (Å²) in [6.45, 7) is 5.82. The molecule has 4 aromatic rings. The second kappa shape index (κ2) is 8.21. The maximum absolute atomic E-state index is 12.9. The number of para-hydroxylation sites is 1. The number of aryl methyl sites for hydroxylation is 2. The zero-order valence-electron chi connectivity index (χ0n) is 18.4. The number of anilines is 1. The van der Waals surface area contributed by atoms with Crippen molar-refractivity contribution in [3.05, 3.63) is 57.8 Å². The number of aromatic nitrogens is 3. The van der Waals surface area contributed by atoms with E-state index in [2.05, 4.69) is 20.5 Å². The largest absolute Gasteiger partial charge is 0.444 e. The molecule has 1 saturated heterocycles. The normalized spacial score (nSPS) is 14.8. The van der Waals surface area contributed by atoms with Gasteiger partial charge in [-0.2, -0.15) is 5.10 Å². The van der Waals surface area contributed by atoms with Crippen LogP contribution in [-0.4, -0.2) is 69.5 Å². The molecule has 0 atom stereocenters. The van der Waals surface area contributed by atoms with Crippen molar-refractivity contribution in [3.8, 4) is 0 Å². The number of aromatic amines is 2. The number of H-pyrrole nitrogens is 2. The molecule has 0 saturated carbocycles. The summed E-state index contributed by atoms with van der Waals surface area (Å²) in [4.78, 5) is 44.7. The molecule has 1 aromatic carbocycles. The molecule has 1 fully saturated rings. The van der Waals surface area contributed by atoms with E-state index in [0.29, 0.717) is 54.1 Å². The van der Waals surface area contributed by atoms with Crippen LogP contribution in [0.1, 0.15) is 21.9 Å². The lowest BCUT2D eigenvalue weighted by Gasteiger charge is -2.34. The third kappa shape index (κ3) is 3.89. The van der Waals surface area contributed by atoms with E-state index in [9.17, 15) is 14.4 Å². The second-order valence-corrected chi connectivity index (χ2v) is 8.26. The molecule has 170 valence electrons. The van der Waals surface area contributed by atoms with E-state index in [1.165, 1.54) is 0 Å². The molecule has 0 spiro atoms. The summed E-state index contributed by atoms with van der Waals surface area (Å²) in [6, 6.07) is 9.64. The van der Waals surface area contributed by atoms with E-state index in [-0.39, 0.29) is 24.2 Å². The fraction of sp³-hybridized carbons (Fsp3) is 0.304. The Kier molecular flexibility index (Phi) is 5.21. The highest BCUT2D eigenvalue weighted by molar-refractivity contribution is 6.02. The SMILES string of the molecule is Cc1n[nH]c(=O)c2c(NC(=O)CN3CCN(C(=O)c4cc5ccccc5[nH]4)CC3)oc(C)c12. The van der Waals surface area contributed by atoms with E-state index in [1.807, 2.05) is 35.2 Å². The van der Waals surface area contributed by atoms with Crippen LogP contribution in [0, 0.1) is 13.8 Å². The van der Waals surface area contributed by atoms with Gasteiger partial charge in [0.1, 0.15) is 16.8 Å². The van der Waals surface area contributed by atoms with Crippen molar-refractivity contribution in [2.24, 2.45) is 0 Å². The molecule has 10 nitrogen and oxygen atoms in total. The van der Waals surface area contributed by atoms with Crippen molar-refractivity contribution in [1.29, 1.82) is 0 Å². The Morgan fingerprint density at radius 3 is 2.64 bits per heavy atom. The van der Waals surface area contributed by atoms with Crippen molar-refractivity contribution in [3.63, 3.8) is 0 Å². The van der Waals surface area contributed by atoms with Crippen molar-refractivity contribution >= 4 is 39.4 Å². The van der Waals surface area contributed by atoms with Crippen LogP contribution in [0.2, 0.25) is 0 Å². The van der Waals surface area contributed by atoms with Crippen LogP contribution in [0.5, 0.6) is 0 Å². The van der Waals surface area contributed by atoms with E-state index in [1.54, 1.807) is 18.7 Å². The van der Waals surface area contributed by atoms with Gasteiger partial charge in [0.25, 0.3) is 11.5 Å². The van der Waals surface area contributed by atoms with Crippen molar-refractivity contribution in [1.82, 2.24) is 25.0 Å². The average molecular weight is 448 g/mol. The Hall–Kier alpha value is -3.92. The molecular weight excluding hydrogens is 424 g/mol. The Bertz CT molecular complexity index is 1390. The predicted molar refractivity (Wildman–Crippen MR) is 123 cm³/mol. The van der Waals surface area contributed by atoms with Gasteiger partial charge >= 0.3 is 0 Å². The molecule has 0 bridgehead atoms. The van der Waals surface area contributed by atoms with Crippen LogP contribution in [0.3, 0.4) is 0 Å². The number of nitrogens with zero attached hydrogens (tertiary/aromatic N) is 3. The Balaban J connectivity index is 1.21. The number of amides is 2. The van der Waals surface area contributed by atoms with Gasteiger partial charge in [-0.25, -0.2) is 5.10 Å². The van der Waals surface area contributed by atoms with Crippen LogP contribution in [0.15, 0.2) is 39.5 Å². The van der Waals surface area contributed by atoms with Gasteiger partial charge in [-0.1, -0.05) is 18.2 Å². The number of hydrogen-bond donors (Lipinski definition) is 3. The lowest BCUT2D eigenvalue weighted by atomic mass is 10.2. The highest BCUT2D eigenvalue weighted by Gasteiger charge is 2.25. The molecule has 33 heavy (non-hydrogen) atoms. The van der Waals surface area contributed by atoms with Crippen molar-refractivity contribution < 1.29 is 14.0 Å². The monoisotopic (exact) mass is 448 g/mol. The van der Waals surface area contributed by atoms with Crippen molar-refractivity contribution in [2.75, 3.05) is 38.0 Å². The molecule has 10 heteroatoms. The summed E-state index contributed by atoms with van der Waals surface area (Å²) >= 11 is 0. The predicted octanol–water partition coefficient (Wildman–Crippen LogP) is 2.01. The molecule has 5 rings (SSSR count). The third-order valence-corrected chi connectivity index (χ3v) is 6.04. The van der Waals surface area contributed by atoms with Crippen LogP contribution in [0.25, 0.3) is 21.7 Å². The topological polar surface area (TPSA) is 127 Å². The number of nitrogens with one attached hydrogen (secondary N) is 3. The van der Waals surface area contributed by atoms with Gasteiger partial charge in [0.15, 0.2) is 0 Å². The fourth-order valence-electron chi connectivity index (χ4n) is 4.37. The molecule has 1 aliphatic rings. The number of hydrogen-bond acceptors (Lipinski definition) is 6. The van der Waals surface area contributed by atoms with Gasteiger partial charge in [0, 0.05) is 37.1 Å². The number of carbonyl (C=O) groups is 2. The zero-order valence-corrected chi connectivity index (χ0v) is 18.4. The standard InChI is InChI=1S/C23H24N6O4/c1-13-19-14(2)33-22(20(19)21(31)27-26-13)25-18(30)12-28-7-9-29(10-8-28)23(32)17-11-15-5-3-4-6-16(15)24-17/h3-6,11,24H,7-10,12H2,1-2H3,(H,25,30)(H,27,31). The van der Waals surface area contributed by atoms with Gasteiger partial charge in [0.2, 0.25) is 11.8 Å². The van der Waals surface area contributed by atoms with E-state index in [4.69, 9.17) is 4.42 Å². The first-order valence-corrected chi connectivity index (χ1v) is 10.8. The number of piperazine rings is 1. The summed E-state index contributed by atoms with van der Waals surface area (Å²) in [5.41, 5.74) is 1.72. The number of carbonyl (C=O) groups excluding carboxylic acids is 2. The average Bonchev–Trinajstić information content (AvgIpc) is 3.38. The molecule has 0 aliphatic carbocycles. The summed E-state index contributed by atoms with van der Waals surface area (Å²) in [5, 5.41) is 11.0. The molecule has 1 aliphatic heterocycles. The van der Waals surface area contributed by atoms with Gasteiger partial charge in [-0.05, 0) is 26.0 Å². The molecule has 0 unspecified atom stereocenters. The number of fused-ring (bicyclic) bond motifs is 2. The first-order valence-electron chi connectivity index (χ1n) is 10.8. The maximum Gasteiger partial charge on any atom is 0.277 e. The van der Waals surface area contributed by atoms with Gasteiger partial charge in [-0.3, -0.25) is 24.6 Å². The van der Waals surface area contributed by atoms with Crippen LogP contribution in [0.4, 0.5) is 5.88 Å². The number of furan rings is 1. The molecule has 2 amide bonds. The first-order chi connectivity index (χ1) is 15.9. The van der Waals surface area contributed by atoms with Gasteiger partial charge < -0.3 is 14.3 Å². The molecule has 0 radical (unpaired) electrons. The summed E-state index contributed by atoms with van der Waals surface area (Å²) in [7, 11) is 0. The quantitative estimate of drug-likeness (QED) is 0.438. The van der Waals surface area contributed by atoms with Gasteiger partial charge in [0.05, 0.1) is 17.6 Å². The van der Waals surface area contributed by atoms with E-state index in [0.717, 1.165) is 10.9 Å².